The Kier molecular flexibility index (Phi) is 3.01. The van der Waals surface area contributed by atoms with E-state index in [1.807, 2.05) is 0 Å². The molecule has 0 amide bonds. The summed E-state index contributed by atoms with van der Waals surface area (Å²) in [7, 11) is 0. The Bertz CT molecular complexity index is 648. The van der Waals surface area contributed by atoms with Gasteiger partial charge in [-0.25, -0.2) is 26.7 Å². The highest BCUT2D eigenvalue weighted by atomic mass is 19.2. The molecule has 0 saturated carbocycles. The molecular formula is C11H3F5O3. The molecule has 8 heteroatoms. The fourth-order valence-electron chi connectivity index (χ4n) is 1.41. The molecule has 0 aliphatic heterocycles. The minimum atomic E-state index is -2.30. The zero-order valence-corrected chi connectivity index (χ0v) is 8.81. The highest BCUT2D eigenvalue weighted by Gasteiger charge is 2.28. The second kappa shape index (κ2) is 4.38. The second-order valence-electron chi connectivity index (χ2n) is 3.41. The lowest BCUT2D eigenvalue weighted by atomic mass is 10.1. The Balaban J connectivity index is 2.71. The summed E-state index contributed by atoms with van der Waals surface area (Å²) >= 11 is 0. The lowest BCUT2D eigenvalue weighted by Crippen LogP contribution is -2.03. The lowest BCUT2D eigenvalue weighted by molar-refractivity contribution is 0.0663. The van der Waals surface area contributed by atoms with Crippen LogP contribution in [0.5, 0.6) is 0 Å². The second-order valence-corrected chi connectivity index (χ2v) is 3.41. The number of rotatable bonds is 2. The van der Waals surface area contributed by atoms with Crippen LogP contribution in [0.1, 0.15) is 10.6 Å². The van der Waals surface area contributed by atoms with Crippen molar-refractivity contribution in [2.45, 2.75) is 0 Å². The summed E-state index contributed by atoms with van der Waals surface area (Å²) in [6, 6.07) is 1.62. The molecule has 100 valence electrons. The first-order valence-corrected chi connectivity index (χ1v) is 4.69. The van der Waals surface area contributed by atoms with E-state index in [-0.39, 0.29) is 0 Å². The molecule has 2 rings (SSSR count). The molecule has 1 aromatic carbocycles. The predicted molar refractivity (Wildman–Crippen MR) is 50.9 cm³/mol. The van der Waals surface area contributed by atoms with Crippen LogP contribution in [-0.2, 0) is 0 Å². The molecule has 1 heterocycles. The molecule has 1 aromatic heterocycles. The van der Waals surface area contributed by atoms with E-state index in [1.165, 1.54) is 0 Å². The summed E-state index contributed by atoms with van der Waals surface area (Å²) in [6.45, 7) is 0. The van der Waals surface area contributed by atoms with Gasteiger partial charge in [-0.15, -0.1) is 0 Å². The largest absolute Gasteiger partial charge is 0.475 e. The third-order valence-corrected chi connectivity index (χ3v) is 2.27. The van der Waals surface area contributed by atoms with Crippen LogP contribution in [0.4, 0.5) is 22.0 Å². The van der Waals surface area contributed by atoms with Crippen LogP contribution in [0.3, 0.4) is 0 Å². The van der Waals surface area contributed by atoms with Crippen molar-refractivity contribution in [1.82, 2.24) is 0 Å². The van der Waals surface area contributed by atoms with Gasteiger partial charge in [0.15, 0.2) is 23.3 Å². The van der Waals surface area contributed by atoms with Crippen LogP contribution in [0.15, 0.2) is 16.5 Å². The van der Waals surface area contributed by atoms with Gasteiger partial charge >= 0.3 is 5.97 Å². The Morgan fingerprint density at radius 3 is 1.79 bits per heavy atom. The molecule has 2 aromatic rings. The molecule has 3 nitrogen and oxygen atoms in total. The van der Waals surface area contributed by atoms with Crippen LogP contribution in [0.25, 0.3) is 11.3 Å². The van der Waals surface area contributed by atoms with Gasteiger partial charge in [0.05, 0.1) is 5.56 Å². The van der Waals surface area contributed by atoms with E-state index < -0.39 is 52.1 Å². The maximum Gasteiger partial charge on any atom is 0.371 e. The van der Waals surface area contributed by atoms with Gasteiger partial charge in [0.1, 0.15) is 5.76 Å². The standard InChI is InChI=1S/C11H3F5O3/c12-6-5(3-1-2-4(19-3)11(17)18)7(13)9(15)10(16)8(6)14/h1-2H,(H,17,18). The lowest BCUT2D eigenvalue weighted by Gasteiger charge is -2.05. The number of furan rings is 1. The topological polar surface area (TPSA) is 50.4 Å². The Labute approximate surface area is 101 Å². The first-order valence-electron chi connectivity index (χ1n) is 4.69. The summed E-state index contributed by atoms with van der Waals surface area (Å²) in [6.07, 6.45) is 0. The Hall–Kier alpha value is -2.38. The van der Waals surface area contributed by atoms with Crippen molar-refractivity contribution in [2.75, 3.05) is 0 Å². The summed E-state index contributed by atoms with van der Waals surface area (Å²) in [5.41, 5.74) is -1.32. The minimum absolute atomic E-state index is 0.695. The number of hydrogen-bond acceptors (Lipinski definition) is 2. The van der Waals surface area contributed by atoms with Crippen LogP contribution < -0.4 is 0 Å². The predicted octanol–water partition coefficient (Wildman–Crippen LogP) is 3.34. The average Bonchev–Trinajstić information content (AvgIpc) is 2.84. The zero-order valence-electron chi connectivity index (χ0n) is 8.81. The fraction of sp³-hybridized carbons (Fsp3) is 0. The SMILES string of the molecule is O=C(O)c1ccc(-c2c(F)c(F)c(F)c(F)c2F)o1. The van der Waals surface area contributed by atoms with Crippen molar-refractivity contribution in [3.05, 3.63) is 47.0 Å². The third kappa shape index (κ3) is 1.94. The maximum atomic E-state index is 13.4. The first kappa shape index (κ1) is 13.1. The number of carbonyl (C=O) groups is 1. The molecule has 1 N–H and O–H groups in total. The number of benzene rings is 1. The van der Waals surface area contributed by atoms with Crippen molar-refractivity contribution in [3.63, 3.8) is 0 Å². The molecule has 0 fully saturated rings. The van der Waals surface area contributed by atoms with Crippen molar-refractivity contribution < 1.29 is 36.3 Å². The van der Waals surface area contributed by atoms with Gasteiger partial charge < -0.3 is 9.52 Å². The van der Waals surface area contributed by atoms with Crippen molar-refractivity contribution in [2.24, 2.45) is 0 Å². The highest BCUT2D eigenvalue weighted by Crippen LogP contribution is 2.32. The minimum Gasteiger partial charge on any atom is -0.475 e. The van der Waals surface area contributed by atoms with Gasteiger partial charge in [0.2, 0.25) is 11.6 Å². The van der Waals surface area contributed by atoms with Crippen LogP contribution >= 0.6 is 0 Å². The van der Waals surface area contributed by atoms with E-state index in [4.69, 9.17) is 5.11 Å². The van der Waals surface area contributed by atoms with E-state index in [0.29, 0.717) is 0 Å². The molecule has 0 saturated heterocycles. The molecule has 0 unspecified atom stereocenters. The van der Waals surface area contributed by atoms with E-state index in [2.05, 4.69) is 4.42 Å². The van der Waals surface area contributed by atoms with Gasteiger partial charge in [-0.05, 0) is 12.1 Å². The number of hydrogen-bond donors (Lipinski definition) is 1. The number of halogens is 5. The molecule has 19 heavy (non-hydrogen) atoms. The fourth-order valence-corrected chi connectivity index (χ4v) is 1.41. The zero-order chi connectivity index (χ0) is 14.3. The molecular weight excluding hydrogens is 275 g/mol. The van der Waals surface area contributed by atoms with Gasteiger partial charge in [0, 0.05) is 0 Å². The molecule has 0 bridgehead atoms. The normalized spacial score (nSPS) is 10.8. The van der Waals surface area contributed by atoms with Crippen molar-refractivity contribution in [3.8, 4) is 11.3 Å². The molecule has 0 atom stereocenters. The van der Waals surface area contributed by atoms with Crippen molar-refractivity contribution in [1.29, 1.82) is 0 Å². The maximum absolute atomic E-state index is 13.4. The summed E-state index contributed by atoms with van der Waals surface area (Å²) in [4.78, 5) is 10.5. The van der Waals surface area contributed by atoms with Crippen LogP contribution in [-0.4, -0.2) is 11.1 Å². The smallest absolute Gasteiger partial charge is 0.371 e. The number of aromatic carboxylic acids is 1. The highest BCUT2D eigenvalue weighted by molar-refractivity contribution is 5.85. The van der Waals surface area contributed by atoms with E-state index in [0.717, 1.165) is 12.1 Å². The molecule has 0 aliphatic carbocycles. The summed E-state index contributed by atoms with van der Waals surface area (Å²) < 4.78 is 69.9. The molecule has 0 spiro atoms. The Morgan fingerprint density at radius 1 is 0.895 bits per heavy atom. The number of carboxylic acid groups (broad SMARTS) is 1. The van der Waals surface area contributed by atoms with Crippen LogP contribution in [0, 0.1) is 29.1 Å². The summed E-state index contributed by atoms with van der Waals surface area (Å²) in [5, 5.41) is 8.55. The van der Waals surface area contributed by atoms with E-state index >= 15 is 0 Å². The van der Waals surface area contributed by atoms with Gasteiger partial charge in [-0.2, -0.15) is 0 Å². The third-order valence-electron chi connectivity index (χ3n) is 2.27. The Morgan fingerprint density at radius 2 is 1.37 bits per heavy atom. The van der Waals surface area contributed by atoms with Gasteiger partial charge in [-0.1, -0.05) is 0 Å². The van der Waals surface area contributed by atoms with E-state index in [1.54, 1.807) is 0 Å². The monoisotopic (exact) mass is 278 g/mol. The number of carboxylic acids is 1. The quantitative estimate of drug-likeness (QED) is 0.520. The van der Waals surface area contributed by atoms with E-state index in [9.17, 15) is 26.7 Å². The van der Waals surface area contributed by atoms with Gasteiger partial charge in [-0.3, -0.25) is 0 Å². The van der Waals surface area contributed by atoms with Gasteiger partial charge in [0.25, 0.3) is 0 Å². The molecule has 0 radical (unpaired) electrons. The van der Waals surface area contributed by atoms with Crippen LogP contribution in [0.2, 0.25) is 0 Å². The average molecular weight is 278 g/mol. The first-order chi connectivity index (χ1) is 8.84. The van der Waals surface area contributed by atoms with Crippen molar-refractivity contribution >= 4 is 5.97 Å². The molecule has 0 aliphatic rings. The summed E-state index contributed by atoms with van der Waals surface area (Å²) in [5.74, 6) is -13.8.